The van der Waals surface area contributed by atoms with Crippen LogP contribution in [0.4, 0.5) is 0 Å². The molecule has 0 saturated heterocycles. The number of phenols is 1. The molecule has 0 radical (unpaired) electrons. The standard InChI is InChI=1S/C51H54N3O.Pt/c1-48(2,3)37-28-33(27-34(29-37)43-32-36(25-26-52-43)51(10,11)35-19-14-12-15-20-35)40-23-18-24-44-45(40)53-47(54(44)39-21-16-13-17-22-39)41-30-38(49(4,5)6)31-42(46(41)55)50(7,8)9;/h12-26,28-32,55H,1-11H3;/q-1;. The van der Waals surface area contributed by atoms with E-state index in [2.05, 4.69) is 184 Å². The summed E-state index contributed by atoms with van der Waals surface area (Å²) in [5.41, 5.74) is 12.2. The first kappa shape index (κ1) is 40.9. The summed E-state index contributed by atoms with van der Waals surface area (Å²) in [6.07, 6.45) is 1.92. The Morgan fingerprint density at radius 3 is 1.79 bits per heavy atom. The molecule has 0 spiro atoms. The fraction of sp³-hybridized carbons (Fsp3) is 0.294. The minimum atomic E-state index is -0.282. The minimum absolute atomic E-state index is 0. The third-order valence-electron chi connectivity index (χ3n) is 11.0. The van der Waals surface area contributed by atoms with Gasteiger partial charge in [0.15, 0.2) is 0 Å². The largest absolute Gasteiger partial charge is 0.507 e. The van der Waals surface area contributed by atoms with Gasteiger partial charge in [0.05, 0.1) is 16.6 Å². The monoisotopic (exact) mass is 919 g/mol. The van der Waals surface area contributed by atoms with E-state index in [1.54, 1.807) is 0 Å². The molecule has 0 bridgehead atoms. The first-order valence-electron chi connectivity index (χ1n) is 19.4. The first-order valence-corrected chi connectivity index (χ1v) is 19.4. The predicted molar refractivity (Wildman–Crippen MR) is 230 cm³/mol. The van der Waals surface area contributed by atoms with Crippen LogP contribution >= 0.6 is 0 Å². The van der Waals surface area contributed by atoms with Gasteiger partial charge in [-0.2, -0.15) is 0 Å². The van der Waals surface area contributed by atoms with E-state index in [-0.39, 0.29) is 48.5 Å². The molecular weight excluding hydrogens is 866 g/mol. The summed E-state index contributed by atoms with van der Waals surface area (Å²) in [6, 6.07) is 44.3. The van der Waals surface area contributed by atoms with E-state index in [1.165, 1.54) is 16.7 Å². The second kappa shape index (κ2) is 14.9. The number of rotatable bonds is 6. The number of aromatic hydroxyl groups is 1. The summed E-state index contributed by atoms with van der Waals surface area (Å²) >= 11 is 0. The van der Waals surface area contributed by atoms with Gasteiger partial charge in [0.1, 0.15) is 11.6 Å². The van der Waals surface area contributed by atoms with Crippen LogP contribution in [0.1, 0.15) is 104 Å². The third kappa shape index (κ3) is 7.78. The molecule has 290 valence electrons. The van der Waals surface area contributed by atoms with Gasteiger partial charge in [-0.25, -0.2) is 4.98 Å². The fourth-order valence-electron chi connectivity index (χ4n) is 7.42. The molecule has 5 heteroatoms. The fourth-order valence-corrected chi connectivity index (χ4v) is 7.42. The molecule has 4 nitrogen and oxygen atoms in total. The molecule has 0 aliphatic heterocycles. The number of imidazole rings is 1. The molecule has 5 aromatic carbocycles. The van der Waals surface area contributed by atoms with Gasteiger partial charge in [0.25, 0.3) is 0 Å². The van der Waals surface area contributed by atoms with E-state index in [9.17, 15) is 5.11 Å². The van der Waals surface area contributed by atoms with Crippen LogP contribution in [0, 0.1) is 6.07 Å². The van der Waals surface area contributed by atoms with E-state index in [1.807, 2.05) is 24.4 Å². The molecule has 7 rings (SSSR count). The van der Waals surface area contributed by atoms with Crippen molar-refractivity contribution in [3.63, 3.8) is 0 Å². The number of benzene rings is 5. The number of nitrogens with zero attached hydrogens (tertiary/aromatic N) is 3. The molecule has 0 fully saturated rings. The van der Waals surface area contributed by atoms with E-state index in [4.69, 9.17) is 9.97 Å². The molecular formula is C51H54N3OPt-. The predicted octanol–water partition coefficient (Wildman–Crippen LogP) is 13.1. The van der Waals surface area contributed by atoms with Crippen molar-refractivity contribution in [2.75, 3.05) is 0 Å². The summed E-state index contributed by atoms with van der Waals surface area (Å²) in [5, 5.41) is 12.1. The van der Waals surface area contributed by atoms with E-state index >= 15 is 0 Å². The zero-order valence-electron chi connectivity index (χ0n) is 34.7. The van der Waals surface area contributed by atoms with Crippen LogP contribution in [0.15, 0.2) is 121 Å². The van der Waals surface area contributed by atoms with Gasteiger partial charge in [-0.05, 0) is 63.3 Å². The Morgan fingerprint density at radius 2 is 1.16 bits per heavy atom. The van der Waals surface area contributed by atoms with Gasteiger partial charge in [0, 0.05) is 49.6 Å². The number of hydrogen-bond donors (Lipinski definition) is 1. The van der Waals surface area contributed by atoms with Gasteiger partial charge in [-0.3, -0.25) is 9.55 Å². The Balaban J connectivity index is 0.00000532. The van der Waals surface area contributed by atoms with Crippen molar-refractivity contribution < 1.29 is 26.2 Å². The topological polar surface area (TPSA) is 50.9 Å². The van der Waals surface area contributed by atoms with Crippen molar-refractivity contribution in [3.8, 4) is 45.2 Å². The second-order valence-electron chi connectivity index (χ2n) is 18.6. The van der Waals surface area contributed by atoms with Crippen molar-refractivity contribution in [1.29, 1.82) is 0 Å². The number of aromatic nitrogens is 3. The summed E-state index contributed by atoms with van der Waals surface area (Å²) in [5.74, 6) is 0.968. The van der Waals surface area contributed by atoms with Gasteiger partial charge < -0.3 is 5.11 Å². The zero-order chi connectivity index (χ0) is 39.5. The number of para-hydroxylation sites is 2. The smallest absolute Gasteiger partial charge is 0.148 e. The molecule has 2 heterocycles. The quantitative estimate of drug-likeness (QED) is 0.169. The van der Waals surface area contributed by atoms with Crippen LogP contribution in [-0.4, -0.2) is 19.6 Å². The molecule has 0 aliphatic rings. The third-order valence-corrected chi connectivity index (χ3v) is 11.0. The molecule has 2 aromatic heterocycles. The van der Waals surface area contributed by atoms with Crippen molar-refractivity contribution in [1.82, 2.24) is 14.5 Å². The summed E-state index contributed by atoms with van der Waals surface area (Å²) in [7, 11) is 0. The summed E-state index contributed by atoms with van der Waals surface area (Å²) < 4.78 is 2.19. The van der Waals surface area contributed by atoms with Crippen molar-refractivity contribution >= 4 is 11.0 Å². The van der Waals surface area contributed by atoms with Crippen LogP contribution in [0.3, 0.4) is 0 Å². The molecule has 0 aliphatic carbocycles. The Morgan fingerprint density at radius 1 is 0.554 bits per heavy atom. The molecule has 7 aromatic rings. The van der Waals surface area contributed by atoms with Gasteiger partial charge in [-0.15, -0.1) is 29.3 Å². The van der Waals surface area contributed by atoms with Crippen molar-refractivity contribution in [2.24, 2.45) is 0 Å². The van der Waals surface area contributed by atoms with Crippen molar-refractivity contribution in [3.05, 3.63) is 155 Å². The Labute approximate surface area is 348 Å². The Kier molecular flexibility index (Phi) is 10.9. The summed E-state index contributed by atoms with van der Waals surface area (Å²) in [6.45, 7) is 24.4. The van der Waals surface area contributed by atoms with Gasteiger partial charge >= 0.3 is 0 Å². The first-order chi connectivity index (χ1) is 25.8. The Bertz CT molecular complexity index is 2510. The molecule has 0 saturated carbocycles. The molecule has 0 unspecified atom stereocenters. The van der Waals surface area contributed by atoms with Gasteiger partial charge in [-0.1, -0.05) is 160 Å². The van der Waals surface area contributed by atoms with Crippen molar-refractivity contribution in [2.45, 2.75) is 97.8 Å². The summed E-state index contributed by atoms with van der Waals surface area (Å²) in [4.78, 5) is 10.4. The maximum atomic E-state index is 12.1. The van der Waals surface area contributed by atoms with Crippen LogP contribution in [-0.2, 0) is 42.7 Å². The number of hydrogen-bond acceptors (Lipinski definition) is 3. The average Bonchev–Trinajstić information content (AvgIpc) is 3.54. The molecule has 1 N–H and O–H groups in total. The second-order valence-corrected chi connectivity index (χ2v) is 18.6. The SMILES string of the molecule is CC(C)(C)c1cc(-c2cc(C(C)(C)c3ccccc3)ccn2)[c-]c(-c2cccc3c2nc(-c2cc(C(C)(C)C)cc(C(C)(C)C)c2O)n3-c2ccccc2)c1.[Pt]. The van der Waals surface area contributed by atoms with E-state index < -0.39 is 0 Å². The van der Waals surface area contributed by atoms with Crippen LogP contribution < -0.4 is 0 Å². The van der Waals surface area contributed by atoms with Gasteiger partial charge in [0.2, 0.25) is 0 Å². The minimum Gasteiger partial charge on any atom is -0.507 e. The van der Waals surface area contributed by atoms with Crippen LogP contribution in [0.25, 0.3) is 50.5 Å². The van der Waals surface area contributed by atoms with E-state index in [0.717, 1.165) is 55.8 Å². The molecule has 0 amide bonds. The number of fused-ring (bicyclic) bond motifs is 1. The zero-order valence-corrected chi connectivity index (χ0v) is 36.9. The van der Waals surface area contributed by atoms with E-state index in [0.29, 0.717) is 5.82 Å². The van der Waals surface area contributed by atoms with Crippen LogP contribution in [0.5, 0.6) is 5.75 Å². The number of phenolic OH excluding ortho intramolecular Hbond substituents is 1. The normalized spacial score (nSPS) is 12.5. The maximum Gasteiger partial charge on any atom is 0.148 e. The molecule has 56 heavy (non-hydrogen) atoms. The molecule has 0 atom stereocenters. The Hall–Kier alpha value is -4.79. The number of pyridine rings is 1. The van der Waals surface area contributed by atoms with Crippen LogP contribution in [0.2, 0.25) is 0 Å². The maximum absolute atomic E-state index is 12.1. The average molecular weight is 920 g/mol.